The number of amides is 2. The van der Waals surface area contributed by atoms with Crippen LogP contribution >= 0.6 is 0 Å². The van der Waals surface area contributed by atoms with E-state index >= 15 is 0 Å². The Kier molecular flexibility index (Phi) is 9.63. The summed E-state index contributed by atoms with van der Waals surface area (Å²) in [5, 5.41) is 2.89. The van der Waals surface area contributed by atoms with Crippen molar-refractivity contribution < 1.29 is 22.4 Å². The summed E-state index contributed by atoms with van der Waals surface area (Å²) in [5.41, 5.74) is 2.64. The van der Waals surface area contributed by atoms with Crippen LogP contribution < -0.4 is 9.62 Å². The van der Waals surface area contributed by atoms with Crippen LogP contribution in [0, 0.1) is 12.7 Å². The van der Waals surface area contributed by atoms with Gasteiger partial charge in [0.15, 0.2) is 0 Å². The van der Waals surface area contributed by atoms with Crippen LogP contribution in [0.2, 0.25) is 0 Å². The SMILES string of the molecule is Cc1cccc(N(CC(=O)N(Cc2ccc(F)cc2)[C@H](Cc2ccccc2)C(=O)NC(C)C)S(C)(=O)=O)c1. The van der Waals surface area contributed by atoms with Crippen molar-refractivity contribution in [3.05, 3.63) is 101 Å². The average molecular weight is 540 g/mol. The van der Waals surface area contributed by atoms with Gasteiger partial charge in [0.2, 0.25) is 21.8 Å². The third-order valence-electron chi connectivity index (χ3n) is 5.94. The molecule has 38 heavy (non-hydrogen) atoms. The summed E-state index contributed by atoms with van der Waals surface area (Å²) in [4.78, 5) is 28.7. The Labute approximate surface area is 224 Å². The molecule has 0 radical (unpaired) electrons. The fourth-order valence-corrected chi connectivity index (χ4v) is 4.96. The van der Waals surface area contributed by atoms with Crippen molar-refractivity contribution in [2.75, 3.05) is 17.1 Å². The van der Waals surface area contributed by atoms with Gasteiger partial charge < -0.3 is 10.2 Å². The predicted octanol–water partition coefficient (Wildman–Crippen LogP) is 4.06. The molecule has 202 valence electrons. The zero-order valence-electron chi connectivity index (χ0n) is 22.1. The summed E-state index contributed by atoms with van der Waals surface area (Å²) in [6, 6.07) is 20.7. The molecule has 0 bridgehead atoms. The number of hydrogen-bond acceptors (Lipinski definition) is 4. The molecule has 1 N–H and O–H groups in total. The Hall–Kier alpha value is -3.72. The Morgan fingerprint density at radius 1 is 0.921 bits per heavy atom. The van der Waals surface area contributed by atoms with Gasteiger partial charge in [-0.2, -0.15) is 0 Å². The van der Waals surface area contributed by atoms with Crippen LogP contribution in [0.4, 0.5) is 10.1 Å². The molecule has 2 amide bonds. The van der Waals surface area contributed by atoms with Gasteiger partial charge in [-0.3, -0.25) is 13.9 Å². The van der Waals surface area contributed by atoms with Crippen LogP contribution in [0.1, 0.15) is 30.5 Å². The number of halogens is 1. The van der Waals surface area contributed by atoms with Crippen molar-refractivity contribution in [2.24, 2.45) is 0 Å². The van der Waals surface area contributed by atoms with Gasteiger partial charge in [-0.15, -0.1) is 0 Å². The summed E-state index contributed by atoms with van der Waals surface area (Å²) in [7, 11) is -3.83. The molecule has 0 saturated carbocycles. The smallest absolute Gasteiger partial charge is 0.244 e. The van der Waals surface area contributed by atoms with Crippen molar-refractivity contribution in [2.45, 2.75) is 45.8 Å². The average Bonchev–Trinajstić information content (AvgIpc) is 2.85. The lowest BCUT2D eigenvalue weighted by Crippen LogP contribution is -2.54. The second kappa shape index (κ2) is 12.7. The number of sulfonamides is 1. The zero-order chi connectivity index (χ0) is 27.9. The van der Waals surface area contributed by atoms with Crippen molar-refractivity contribution >= 4 is 27.5 Å². The first kappa shape index (κ1) is 28.8. The molecule has 0 aliphatic heterocycles. The maximum Gasteiger partial charge on any atom is 0.244 e. The highest BCUT2D eigenvalue weighted by Crippen LogP contribution is 2.21. The molecule has 0 saturated heterocycles. The molecule has 0 aromatic heterocycles. The maximum absolute atomic E-state index is 13.9. The third-order valence-corrected chi connectivity index (χ3v) is 7.08. The minimum Gasteiger partial charge on any atom is -0.352 e. The van der Waals surface area contributed by atoms with Crippen LogP contribution in [0.15, 0.2) is 78.9 Å². The summed E-state index contributed by atoms with van der Waals surface area (Å²) >= 11 is 0. The molecule has 0 spiro atoms. The largest absolute Gasteiger partial charge is 0.352 e. The van der Waals surface area contributed by atoms with Gasteiger partial charge in [0.1, 0.15) is 18.4 Å². The number of aryl methyl sites for hydroxylation is 1. The minimum atomic E-state index is -3.83. The van der Waals surface area contributed by atoms with Gasteiger partial charge in [0, 0.05) is 19.0 Å². The van der Waals surface area contributed by atoms with Crippen molar-refractivity contribution in [1.29, 1.82) is 0 Å². The molecule has 0 aliphatic carbocycles. The van der Waals surface area contributed by atoms with Gasteiger partial charge in [-0.1, -0.05) is 54.6 Å². The fraction of sp³-hybridized carbons (Fsp3) is 0.310. The Morgan fingerprint density at radius 2 is 1.58 bits per heavy atom. The number of anilines is 1. The molecule has 9 heteroatoms. The topological polar surface area (TPSA) is 86.8 Å². The number of carbonyl (C=O) groups is 2. The summed E-state index contributed by atoms with van der Waals surface area (Å²) < 4.78 is 40.2. The summed E-state index contributed by atoms with van der Waals surface area (Å²) in [6.45, 7) is 4.98. The highest BCUT2D eigenvalue weighted by Gasteiger charge is 2.33. The number of carbonyl (C=O) groups excluding carboxylic acids is 2. The van der Waals surface area contributed by atoms with Crippen LogP contribution in [0.5, 0.6) is 0 Å². The van der Waals surface area contributed by atoms with E-state index in [9.17, 15) is 22.4 Å². The van der Waals surface area contributed by atoms with Gasteiger partial charge >= 0.3 is 0 Å². The molecule has 0 heterocycles. The Balaban J connectivity index is 2.05. The van der Waals surface area contributed by atoms with Gasteiger partial charge in [-0.25, -0.2) is 12.8 Å². The van der Waals surface area contributed by atoms with E-state index in [1.165, 1.54) is 17.0 Å². The normalized spacial score (nSPS) is 12.2. The molecule has 0 unspecified atom stereocenters. The van der Waals surface area contributed by atoms with Crippen molar-refractivity contribution in [3.63, 3.8) is 0 Å². The standard InChI is InChI=1S/C29H34FN3O4S/c1-21(2)31-29(35)27(18-23-10-6-5-7-11-23)32(19-24-13-15-25(30)16-14-24)28(34)20-33(38(4,36)37)26-12-8-9-22(3)17-26/h5-17,21,27H,18-20H2,1-4H3,(H,31,35)/t27-/m1/s1. The number of hydrogen-bond donors (Lipinski definition) is 1. The van der Waals surface area contributed by atoms with Crippen molar-refractivity contribution in [3.8, 4) is 0 Å². The summed E-state index contributed by atoms with van der Waals surface area (Å²) in [6.07, 6.45) is 1.26. The number of nitrogens with zero attached hydrogens (tertiary/aromatic N) is 2. The first-order chi connectivity index (χ1) is 17.9. The first-order valence-electron chi connectivity index (χ1n) is 12.4. The van der Waals surface area contributed by atoms with E-state index in [1.807, 2.05) is 57.2 Å². The lowest BCUT2D eigenvalue weighted by atomic mass is 10.0. The molecule has 3 rings (SSSR count). The van der Waals surface area contributed by atoms with E-state index in [-0.39, 0.29) is 24.9 Å². The molecular weight excluding hydrogens is 505 g/mol. The van der Waals surface area contributed by atoms with E-state index < -0.39 is 34.3 Å². The Bertz CT molecular complexity index is 1350. The van der Waals surface area contributed by atoms with Crippen LogP contribution in [0.25, 0.3) is 0 Å². The number of benzene rings is 3. The first-order valence-corrected chi connectivity index (χ1v) is 14.2. The second-order valence-corrected chi connectivity index (χ2v) is 11.5. The fourth-order valence-electron chi connectivity index (χ4n) is 4.12. The molecule has 7 nitrogen and oxygen atoms in total. The van der Waals surface area contributed by atoms with Crippen LogP contribution in [0.3, 0.4) is 0 Å². The van der Waals surface area contributed by atoms with Crippen LogP contribution in [-0.2, 0) is 32.6 Å². The highest BCUT2D eigenvalue weighted by atomic mass is 32.2. The van der Waals surface area contributed by atoms with E-state index in [4.69, 9.17) is 0 Å². The molecular formula is C29H34FN3O4S. The minimum absolute atomic E-state index is 0.00640. The predicted molar refractivity (Wildman–Crippen MR) is 148 cm³/mol. The van der Waals surface area contributed by atoms with Crippen molar-refractivity contribution in [1.82, 2.24) is 10.2 Å². The van der Waals surface area contributed by atoms with Gasteiger partial charge in [0.25, 0.3) is 0 Å². The molecule has 0 aliphatic rings. The Morgan fingerprint density at radius 3 is 2.16 bits per heavy atom. The second-order valence-electron chi connectivity index (χ2n) is 9.63. The highest BCUT2D eigenvalue weighted by molar-refractivity contribution is 7.92. The quantitative estimate of drug-likeness (QED) is 0.398. The van der Waals surface area contributed by atoms with E-state index in [1.54, 1.807) is 30.3 Å². The number of nitrogens with one attached hydrogen (secondary N) is 1. The van der Waals surface area contributed by atoms with Crippen LogP contribution in [-0.4, -0.2) is 50.0 Å². The summed E-state index contributed by atoms with van der Waals surface area (Å²) in [5.74, 6) is -1.34. The molecule has 1 atom stereocenters. The van der Waals surface area contributed by atoms with E-state index in [0.717, 1.165) is 21.7 Å². The van der Waals surface area contributed by atoms with E-state index in [2.05, 4.69) is 5.32 Å². The molecule has 0 fully saturated rings. The van der Waals surface area contributed by atoms with Gasteiger partial charge in [-0.05, 0) is 61.7 Å². The third kappa shape index (κ3) is 8.14. The number of rotatable bonds is 11. The van der Waals surface area contributed by atoms with E-state index in [0.29, 0.717) is 11.3 Å². The van der Waals surface area contributed by atoms with Gasteiger partial charge in [0.05, 0.1) is 11.9 Å². The molecule has 3 aromatic rings. The lowest BCUT2D eigenvalue weighted by Gasteiger charge is -2.34. The monoisotopic (exact) mass is 539 g/mol. The zero-order valence-corrected chi connectivity index (χ0v) is 22.9. The molecule has 3 aromatic carbocycles. The maximum atomic E-state index is 13.9. The lowest BCUT2D eigenvalue weighted by molar-refractivity contribution is -0.140.